The second kappa shape index (κ2) is 9.22. The number of ether oxygens (including phenoxy) is 1. The van der Waals surface area contributed by atoms with Crippen molar-refractivity contribution in [3.8, 4) is 5.75 Å². The van der Waals surface area contributed by atoms with Crippen molar-refractivity contribution in [1.29, 1.82) is 0 Å². The molecule has 9 nitrogen and oxygen atoms in total. The van der Waals surface area contributed by atoms with E-state index in [9.17, 15) is 22.4 Å². The van der Waals surface area contributed by atoms with Crippen LogP contribution in [0.4, 0.5) is 15.8 Å². The fourth-order valence-corrected chi connectivity index (χ4v) is 5.37. The molecule has 0 radical (unpaired) electrons. The van der Waals surface area contributed by atoms with Crippen molar-refractivity contribution in [3.63, 3.8) is 0 Å². The Hall–Kier alpha value is -3.18. The van der Waals surface area contributed by atoms with Crippen LogP contribution in [-0.4, -0.2) is 75.3 Å². The zero-order valence-corrected chi connectivity index (χ0v) is 20.1. The average molecular weight is 491 g/mol. The van der Waals surface area contributed by atoms with Crippen LogP contribution in [0.5, 0.6) is 5.75 Å². The topological polar surface area (TPSA) is 99.3 Å². The van der Waals surface area contributed by atoms with E-state index in [0.29, 0.717) is 37.4 Å². The highest BCUT2D eigenvalue weighted by Crippen LogP contribution is 2.35. The third kappa shape index (κ3) is 4.71. The number of hydrogen-bond donors (Lipinski definition) is 1. The zero-order valence-electron chi connectivity index (χ0n) is 19.2. The number of halogens is 1. The van der Waals surface area contributed by atoms with Gasteiger partial charge in [-0.3, -0.25) is 9.59 Å². The molecule has 34 heavy (non-hydrogen) atoms. The summed E-state index contributed by atoms with van der Waals surface area (Å²) in [6.07, 6.45) is -0.737. The van der Waals surface area contributed by atoms with Crippen LogP contribution in [0.15, 0.2) is 41.3 Å². The smallest absolute Gasteiger partial charge is 0.265 e. The van der Waals surface area contributed by atoms with Gasteiger partial charge in [-0.2, -0.15) is 4.31 Å². The number of nitrogens with zero attached hydrogens (tertiary/aromatic N) is 3. The molecular formula is C23H27FN4O5S. The molecule has 2 heterocycles. The van der Waals surface area contributed by atoms with E-state index in [1.165, 1.54) is 25.2 Å². The van der Waals surface area contributed by atoms with Crippen LogP contribution in [0, 0.1) is 12.7 Å². The molecule has 0 aliphatic carbocycles. The van der Waals surface area contributed by atoms with Gasteiger partial charge in [0.15, 0.2) is 6.10 Å². The lowest BCUT2D eigenvalue weighted by molar-refractivity contribution is -0.131. The number of rotatable bonds is 5. The SMILES string of the molecule is Cc1cc2c(cc1S(=O)(=O)N(C)CC(=O)N1CCN(c3ccc(F)cc3)CC1)OC(C)C(=O)N2. The van der Waals surface area contributed by atoms with Crippen molar-refractivity contribution >= 4 is 33.2 Å². The monoisotopic (exact) mass is 490 g/mol. The second-order valence-electron chi connectivity index (χ2n) is 8.47. The highest BCUT2D eigenvalue weighted by Gasteiger charge is 2.31. The van der Waals surface area contributed by atoms with Gasteiger partial charge in [0.2, 0.25) is 15.9 Å². The molecule has 0 saturated carbocycles. The van der Waals surface area contributed by atoms with E-state index < -0.39 is 16.1 Å². The molecule has 0 bridgehead atoms. The fraction of sp³-hybridized carbons (Fsp3) is 0.391. The molecule has 1 unspecified atom stereocenters. The van der Waals surface area contributed by atoms with Crippen LogP contribution >= 0.6 is 0 Å². The number of sulfonamides is 1. The molecule has 1 atom stereocenters. The van der Waals surface area contributed by atoms with Crippen LogP contribution < -0.4 is 15.0 Å². The standard InChI is InChI=1S/C23H27FN4O5S/c1-15-12-19-20(33-16(2)23(30)25-19)13-21(15)34(31,32)26(3)14-22(29)28-10-8-27(9-11-28)18-6-4-17(24)5-7-18/h4-7,12-13,16H,8-11,14H2,1-3H3,(H,25,30). The molecule has 2 aliphatic rings. The van der Waals surface area contributed by atoms with E-state index in [1.807, 2.05) is 0 Å². The van der Waals surface area contributed by atoms with Gasteiger partial charge in [-0.1, -0.05) is 0 Å². The van der Waals surface area contributed by atoms with Gasteiger partial charge < -0.3 is 19.9 Å². The lowest BCUT2D eigenvalue weighted by atomic mass is 10.1. The lowest BCUT2D eigenvalue weighted by Crippen LogP contribution is -2.51. The van der Waals surface area contributed by atoms with Gasteiger partial charge in [-0.25, -0.2) is 12.8 Å². The van der Waals surface area contributed by atoms with E-state index in [0.717, 1.165) is 9.99 Å². The van der Waals surface area contributed by atoms with Crippen molar-refractivity contribution in [2.75, 3.05) is 50.0 Å². The van der Waals surface area contributed by atoms with Crippen molar-refractivity contribution in [3.05, 3.63) is 47.8 Å². The first kappa shape index (κ1) is 24.0. The van der Waals surface area contributed by atoms with Gasteiger partial charge in [0.05, 0.1) is 17.1 Å². The summed E-state index contributed by atoms with van der Waals surface area (Å²) in [7, 11) is -2.61. The quantitative estimate of drug-likeness (QED) is 0.687. The molecule has 2 aliphatic heterocycles. The molecule has 2 amide bonds. The zero-order chi connectivity index (χ0) is 24.6. The largest absolute Gasteiger partial charge is 0.479 e. The third-order valence-electron chi connectivity index (χ3n) is 6.08. The summed E-state index contributed by atoms with van der Waals surface area (Å²) < 4.78 is 46.2. The number of anilines is 2. The number of hydrogen-bond acceptors (Lipinski definition) is 6. The second-order valence-corrected chi connectivity index (χ2v) is 10.5. The molecule has 4 rings (SSSR count). The highest BCUT2D eigenvalue weighted by atomic mass is 32.2. The van der Waals surface area contributed by atoms with Gasteiger partial charge in [0.25, 0.3) is 5.91 Å². The van der Waals surface area contributed by atoms with Crippen LogP contribution in [-0.2, 0) is 19.6 Å². The van der Waals surface area contributed by atoms with Crippen molar-refractivity contribution in [2.24, 2.45) is 0 Å². The minimum atomic E-state index is -3.98. The molecule has 182 valence electrons. The number of carbonyl (C=O) groups excluding carboxylic acids is 2. The number of piperazine rings is 1. The van der Waals surface area contributed by atoms with Gasteiger partial charge >= 0.3 is 0 Å². The van der Waals surface area contributed by atoms with E-state index in [-0.39, 0.29) is 34.8 Å². The maximum absolute atomic E-state index is 13.2. The number of nitrogens with one attached hydrogen (secondary N) is 1. The first-order valence-electron chi connectivity index (χ1n) is 10.9. The first-order chi connectivity index (χ1) is 16.1. The van der Waals surface area contributed by atoms with E-state index in [2.05, 4.69) is 10.2 Å². The molecule has 11 heteroatoms. The molecule has 2 aromatic rings. The summed E-state index contributed by atoms with van der Waals surface area (Å²) >= 11 is 0. The molecule has 1 saturated heterocycles. The summed E-state index contributed by atoms with van der Waals surface area (Å²) in [6, 6.07) is 9.13. The van der Waals surface area contributed by atoms with Crippen LogP contribution in [0.25, 0.3) is 0 Å². The lowest BCUT2D eigenvalue weighted by Gasteiger charge is -2.36. The number of aryl methyl sites for hydroxylation is 1. The summed E-state index contributed by atoms with van der Waals surface area (Å²) in [5, 5.41) is 2.70. The summed E-state index contributed by atoms with van der Waals surface area (Å²) in [6.45, 7) is 4.91. The molecule has 2 aromatic carbocycles. The number of benzene rings is 2. The van der Waals surface area contributed by atoms with Crippen LogP contribution in [0.2, 0.25) is 0 Å². The normalized spacial score (nSPS) is 18.4. The third-order valence-corrected chi connectivity index (χ3v) is 8.02. The van der Waals surface area contributed by atoms with E-state index in [1.54, 1.807) is 36.9 Å². The van der Waals surface area contributed by atoms with Crippen LogP contribution in [0.1, 0.15) is 12.5 Å². The van der Waals surface area contributed by atoms with Gasteiger partial charge in [-0.15, -0.1) is 0 Å². The number of carbonyl (C=O) groups is 2. The molecule has 0 aromatic heterocycles. The molecule has 1 N–H and O–H groups in total. The van der Waals surface area contributed by atoms with Gasteiger partial charge in [0.1, 0.15) is 11.6 Å². The van der Waals surface area contributed by atoms with Gasteiger partial charge in [-0.05, 0) is 49.7 Å². The number of amides is 2. The Balaban J connectivity index is 1.42. The Morgan fingerprint density at radius 3 is 2.47 bits per heavy atom. The molecular weight excluding hydrogens is 463 g/mol. The summed E-state index contributed by atoms with van der Waals surface area (Å²) in [4.78, 5) is 28.4. The minimum absolute atomic E-state index is 0.0195. The molecule has 1 fully saturated rings. The predicted octanol–water partition coefficient (Wildman–Crippen LogP) is 1.82. The Bertz CT molecular complexity index is 1210. The highest BCUT2D eigenvalue weighted by molar-refractivity contribution is 7.89. The summed E-state index contributed by atoms with van der Waals surface area (Å²) in [5.74, 6) is -0.628. The average Bonchev–Trinajstić information content (AvgIpc) is 2.80. The van der Waals surface area contributed by atoms with Crippen molar-refractivity contribution in [2.45, 2.75) is 24.8 Å². The van der Waals surface area contributed by atoms with Gasteiger partial charge in [0, 0.05) is 45.0 Å². The van der Waals surface area contributed by atoms with Crippen molar-refractivity contribution in [1.82, 2.24) is 9.21 Å². The Morgan fingerprint density at radius 1 is 1.18 bits per heavy atom. The number of likely N-dealkylation sites (N-methyl/N-ethyl adjacent to an activating group) is 1. The Labute approximate surface area is 198 Å². The van der Waals surface area contributed by atoms with E-state index >= 15 is 0 Å². The maximum Gasteiger partial charge on any atom is 0.265 e. The molecule has 0 spiro atoms. The maximum atomic E-state index is 13.2. The predicted molar refractivity (Wildman–Crippen MR) is 125 cm³/mol. The Kier molecular flexibility index (Phi) is 6.50. The van der Waals surface area contributed by atoms with E-state index in [4.69, 9.17) is 4.74 Å². The number of fused-ring (bicyclic) bond motifs is 1. The fourth-order valence-electron chi connectivity index (χ4n) is 4.03. The summed E-state index contributed by atoms with van der Waals surface area (Å²) in [5.41, 5.74) is 1.73. The Morgan fingerprint density at radius 2 is 1.82 bits per heavy atom. The first-order valence-corrected chi connectivity index (χ1v) is 12.4. The van der Waals surface area contributed by atoms with Crippen molar-refractivity contribution < 1.29 is 27.1 Å². The minimum Gasteiger partial charge on any atom is -0.479 e. The van der Waals surface area contributed by atoms with Crippen LogP contribution in [0.3, 0.4) is 0 Å².